The van der Waals surface area contributed by atoms with Gasteiger partial charge in [0, 0.05) is 24.1 Å². The van der Waals surface area contributed by atoms with Gasteiger partial charge in [0.15, 0.2) is 0 Å². The van der Waals surface area contributed by atoms with E-state index in [1.165, 1.54) is 24.1 Å². The Hall–Kier alpha value is -0.380. The van der Waals surface area contributed by atoms with Crippen molar-refractivity contribution < 1.29 is 4.74 Å². The van der Waals surface area contributed by atoms with Crippen LogP contribution < -0.4 is 5.32 Å². The molecule has 3 heteroatoms. The third-order valence-electron chi connectivity index (χ3n) is 3.29. The number of rotatable bonds is 5. The Bertz CT molecular complexity index is 280. The monoisotopic (exact) mass is 239 g/mol. The second-order valence-corrected chi connectivity index (χ2v) is 5.42. The summed E-state index contributed by atoms with van der Waals surface area (Å²) in [6.07, 6.45) is 3.60. The van der Waals surface area contributed by atoms with Crippen LogP contribution in [-0.2, 0) is 4.74 Å². The first-order chi connectivity index (χ1) is 7.90. The van der Waals surface area contributed by atoms with Gasteiger partial charge in [-0.2, -0.15) is 0 Å². The summed E-state index contributed by atoms with van der Waals surface area (Å²) in [4.78, 5) is 1.47. The van der Waals surface area contributed by atoms with Gasteiger partial charge in [-0.05, 0) is 43.2 Å². The average molecular weight is 239 g/mol. The summed E-state index contributed by atoms with van der Waals surface area (Å²) >= 11 is 1.86. The van der Waals surface area contributed by atoms with E-state index in [4.69, 9.17) is 4.74 Å². The average Bonchev–Trinajstić information content (AvgIpc) is 2.85. The topological polar surface area (TPSA) is 21.3 Å². The molecule has 2 nitrogen and oxygen atoms in total. The molecule has 1 aliphatic rings. The summed E-state index contributed by atoms with van der Waals surface area (Å²) < 4.78 is 5.38. The molecule has 1 aliphatic heterocycles. The summed E-state index contributed by atoms with van der Waals surface area (Å²) in [5.74, 6) is 0.808. The zero-order chi connectivity index (χ0) is 11.2. The van der Waals surface area contributed by atoms with E-state index in [9.17, 15) is 0 Å². The predicted octanol–water partition coefficient (Wildman–Crippen LogP) is 3.22. The van der Waals surface area contributed by atoms with Crippen molar-refractivity contribution in [3.05, 3.63) is 22.4 Å². The summed E-state index contributed by atoms with van der Waals surface area (Å²) in [6, 6.07) is 4.91. The van der Waals surface area contributed by atoms with Gasteiger partial charge in [-0.15, -0.1) is 11.3 Å². The van der Waals surface area contributed by atoms with Crippen LogP contribution in [0.4, 0.5) is 0 Å². The number of ether oxygens (including phenoxy) is 1. The molecule has 1 saturated heterocycles. The molecule has 2 rings (SSSR count). The fourth-order valence-electron chi connectivity index (χ4n) is 2.20. The second-order valence-electron chi connectivity index (χ2n) is 4.44. The highest BCUT2D eigenvalue weighted by atomic mass is 32.1. The van der Waals surface area contributed by atoms with Gasteiger partial charge < -0.3 is 10.1 Å². The maximum atomic E-state index is 5.38. The van der Waals surface area contributed by atoms with Gasteiger partial charge in [-0.1, -0.05) is 13.0 Å². The van der Waals surface area contributed by atoms with Crippen LogP contribution in [-0.4, -0.2) is 19.8 Å². The van der Waals surface area contributed by atoms with Crippen molar-refractivity contribution in [1.82, 2.24) is 5.32 Å². The molecule has 0 bridgehead atoms. The first-order valence-corrected chi connectivity index (χ1v) is 7.12. The molecule has 0 aromatic carbocycles. The van der Waals surface area contributed by atoms with E-state index < -0.39 is 0 Å². The standard InChI is InChI=1S/C13H21NOS/c1-2-12(13-4-3-9-16-13)14-10-11-5-7-15-8-6-11/h3-4,9,11-12,14H,2,5-8,10H2,1H3. The minimum atomic E-state index is 0.544. The highest BCUT2D eigenvalue weighted by Crippen LogP contribution is 2.22. The fourth-order valence-corrected chi connectivity index (χ4v) is 3.08. The molecule has 1 aromatic heterocycles. The van der Waals surface area contributed by atoms with Crippen LogP contribution in [0.25, 0.3) is 0 Å². The minimum Gasteiger partial charge on any atom is -0.381 e. The van der Waals surface area contributed by atoms with E-state index in [0.29, 0.717) is 6.04 Å². The maximum Gasteiger partial charge on any atom is 0.0469 e. The van der Waals surface area contributed by atoms with Crippen molar-refractivity contribution in [3.8, 4) is 0 Å². The molecule has 90 valence electrons. The van der Waals surface area contributed by atoms with E-state index in [1.54, 1.807) is 0 Å². The zero-order valence-electron chi connectivity index (χ0n) is 9.95. The van der Waals surface area contributed by atoms with Crippen molar-refractivity contribution in [1.29, 1.82) is 0 Å². The van der Waals surface area contributed by atoms with Crippen LogP contribution in [0.2, 0.25) is 0 Å². The van der Waals surface area contributed by atoms with Crippen LogP contribution in [0, 0.1) is 5.92 Å². The first kappa shape index (κ1) is 12.1. The number of hydrogen-bond donors (Lipinski definition) is 1. The maximum absolute atomic E-state index is 5.38. The summed E-state index contributed by atoms with van der Waals surface area (Å²) in [5, 5.41) is 5.86. The van der Waals surface area contributed by atoms with Crippen LogP contribution in [0.1, 0.15) is 37.1 Å². The van der Waals surface area contributed by atoms with E-state index in [-0.39, 0.29) is 0 Å². The smallest absolute Gasteiger partial charge is 0.0469 e. The van der Waals surface area contributed by atoms with Crippen molar-refractivity contribution in [2.24, 2.45) is 5.92 Å². The summed E-state index contributed by atoms with van der Waals surface area (Å²) in [6.45, 7) is 5.28. The Morgan fingerprint density at radius 1 is 1.50 bits per heavy atom. The Balaban J connectivity index is 1.78. The van der Waals surface area contributed by atoms with Gasteiger partial charge in [-0.25, -0.2) is 0 Å². The number of hydrogen-bond acceptors (Lipinski definition) is 3. The molecular formula is C13H21NOS. The molecule has 0 aliphatic carbocycles. The van der Waals surface area contributed by atoms with Gasteiger partial charge in [0.25, 0.3) is 0 Å². The normalized spacial score (nSPS) is 19.8. The molecule has 2 heterocycles. The number of thiophene rings is 1. The zero-order valence-corrected chi connectivity index (χ0v) is 10.8. The summed E-state index contributed by atoms with van der Waals surface area (Å²) in [5.41, 5.74) is 0. The van der Waals surface area contributed by atoms with Gasteiger partial charge >= 0.3 is 0 Å². The molecule has 1 unspecified atom stereocenters. The molecule has 16 heavy (non-hydrogen) atoms. The third-order valence-corrected chi connectivity index (χ3v) is 4.27. The predicted molar refractivity (Wildman–Crippen MR) is 68.9 cm³/mol. The molecule has 1 fully saturated rings. The lowest BCUT2D eigenvalue weighted by Crippen LogP contribution is -2.30. The van der Waals surface area contributed by atoms with Gasteiger partial charge in [0.1, 0.15) is 0 Å². The largest absolute Gasteiger partial charge is 0.381 e. The third kappa shape index (κ3) is 3.30. The highest BCUT2D eigenvalue weighted by Gasteiger charge is 2.16. The molecule has 1 atom stereocenters. The Morgan fingerprint density at radius 3 is 2.94 bits per heavy atom. The van der Waals surface area contributed by atoms with Gasteiger partial charge in [0.05, 0.1) is 0 Å². The lowest BCUT2D eigenvalue weighted by atomic mass is 10.00. The van der Waals surface area contributed by atoms with E-state index >= 15 is 0 Å². The van der Waals surface area contributed by atoms with Crippen LogP contribution in [0.3, 0.4) is 0 Å². The second kappa shape index (κ2) is 6.38. The SMILES string of the molecule is CCC(NCC1CCOCC1)c1cccs1. The lowest BCUT2D eigenvalue weighted by molar-refractivity contribution is 0.0654. The lowest BCUT2D eigenvalue weighted by Gasteiger charge is -2.25. The van der Waals surface area contributed by atoms with Gasteiger partial charge in [-0.3, -0.25) is 0 Å². The molecule has 0 radical (unpaired) electrons. The number of nitrogens with one attached hydrogen (secondary N) is 1. The quantitative estimate of drug-likeness (QED) is 0.852. The first-order valence-electron chi connectivity index (χ1n) is 6.24. The Kier molecular flexibility index (Phi) is 4.82. The van der Waals surface area contributed by atoms with Crippen molar-refractivity contribution >= 4 is 11.3 Å². The molecule has 0 amide bonds. The molecule has 1 N–H and O–H groups in total. The van der Waals surface area contributed by atoms with E-state index in [2.05, 4.69) is 29.8 Å². The van der Waals surface area contributed by atoms with E-state index in [0.717, 1.165) is 25.7 Å². The Morgan fingerprint density at radius 2 is 2.31 bits per heavy atom. The van der Waals surface area contributed by atoms with Crippen molar-refractivity contribution in [2.45, 2.75) is 32.2 Å². The van der Waals surface area contributed by atoms with Crippen LogP contribution in [0.5, 0.6) is 0 Å². The molecule has 0 saturated carbocycles. The minimum absolute atomic E-state index is 0.544. The van der Waals surface area contributed by atoms with Crippen molar-refractivity contribution in [3.63, 3.8) is 0 Å². The van der Waals surface area contributed by atoms with Crippen LogP contribution in [0.15, 0.2) is 17.5 Å². The van der Waals surface area contributed by atoms with Crippen LogP contribution >= 0.6 is 11.3 Å². The van der Waals surface area contributed by atoms with Crippen molar-refractivity contribution in [2.75, 3.05) is 19.8 Å². The fraction of sp³-hybridized carbons (Fsp3) is 0.692. The van der Waals surface area contributed by atoms with E-state index in [1.807, 2.05) is 11.3 Å². The molecular weight excluding hydrogens is 218 g/mol. The van der Waals surface area contributed by atoms with Gasteiger partial charge in [0.2, 0.25) is 0 Å². The summed E-state index contributed by atoms with van der Waals surface area (Å²) in [7, 11) is 0. The molecule has 1 aromatic rings. The molecule has 0 spiro atoms. The Labute approximate surface area is 102 Å². The highest BCUT2D eigenvalue weighted by molar-refractivity contribution is 7.10.